The monoisotopic (exact) mass is 253 g/mol. The van der Waals surface area contributed by atoms with E-state index >= 15 is 0 Å². The molecule has 0 atom stereocenters. The molecule has 0 radical (unpaired) electrons. The summed E-state index contributed by atoms with van der Waals surface area (Å²) in [5.41, 5.74) is -1.39. The van der Waals surface area contributed by atoms with Crippen LogP contribution in [0.4, 0.5) is 8.78 Å². The number of nitriles is 1. The van der Waals surface area contributed by atoms with E-state index < -0.39 is 21.3 Å². The predicted molar refractivity (Wildman–Crippen MR) is 53.1 cm³/mol. The average Bonchev–Trinajstić information content (AvgIpc) is 2.21. The molecule has 0 aromatic rings. The van der Waals surface area contributed by atoms with Gasteiger partial charge in [0.15, 0.2) is 0 Å². The second-order valence-corrected chi connectivity index (χ2v) is 5.56. The first-order valence-electron chi connectivity index (χ1n) is 4.72. The van der Waals surface area contributed by atoms with Gasteiger partial charge in [0.25, 0.3) is 10.0 Å². The van der Waals surface area contributed by atoms with Crippen LogP contribution in [0, 0.1) is 11.3 Å². The first kappa shape index (κ1) is 13.3. The van der Waals surface area contributed by atoms with Crippen LogP contribution in [0.15, 0.2) is 0 Å². The number of rotatable bonds is 3. The van der Waals surface area contributed by atoms with Crippen LogP contribution in [0.3, 0.4) is 0 Å². The van der Waals surface area contributed by atoms with Crippen molar-refractivity contribution in [3.05, 3.63) is 0 Å². The Morgan fingerprint density at radius 1 is 1.44 bits per heavy atom. The van der Waals surface area contributed by atoms with Gasteiger partial charge in [0, 0.05) is 13.1 Å². The molecule has 1 saturated heterocycles. The first-order valence-corrected chi connectivity index (χ1v) is 6.27. The summed E-state index contributed by atoms with van der Waals surface area (Å²) in [4.78, 5) is 1.91. The number of hydrogen-bond donors (Lipinski definition) is 1. The first-order chi connectivity index (χ1) is 7.31. The van der Waals surface area contributed by atoms with Crippen LogP contribution >= 0.6 is 0 Å². The minimum absolute atomic E-state index is 0.214. The summed E-state index contributed by atoms with van der Waals surface area (Å²) in [6, 6.07) is 1.80. The van der Waals surface area contributed by atoms with Crippen molar-refractivity contribution in [2.45, 2.75) is 24.1 Å². The lowest BCUT2D eigenvalue weighted by Crippen LogP contribution is -2.54. The molecule has 1 aliphatic heterocycles. The van der Waals surface area contributed by atoms with Crippen LogP contribution in [-0.2, 0) is 10.0 Å². The summed E-state index contributed by atoms with van der Waals surface area (Å²) in [6.07, 6.45) is 0.428. The highest BCUT2D eigenvalue weighted by molar-refractivity contribution is 7.89. The number of piperidine rings is 1. The summed E-state index contributed by atoms with van der Waals surface area (Å²) < 4.78 is 48.2. The maximum atomic E-state index is 12.2. The molecule has 1 fully saturated rings. The van der Waals surface area contributed by atoms with Gasteiger partial charge in [-0.1, -0.05) is 0 Å². The molecular weight excluding hydrogens is 240 g/mol. The minimum Gasteiger partial charge on any atom is -0.306 e. The zero-order valence-electron chi connectivity index (χ0n) is 8.78. The molecule has 0 aromatic heterocycles. The number of nitrogens with one attached hydrogen (secondary N) is 1. The lowest BCUT2D eigenvalue weighted by molar-refractivity contribution is 0.201. The largest absolute Gasteiger partial charge is 0.350 e. The Balaban J connectivity index is 2.81. The van der Waals surface area contributed by atoms with Gasteiger partial charge in [-0.2, -0.15) is 18.8 Å². The normalized spacial score (nSPS) is 21.9. The van der Waals surface area contributed by atoms with Crippen LogP contribution in [0.25, 0.3) is 0 Å². The molecule has 0 unspecified atom stereocenters. The molecule has 0 spiro atoms. The molecule has 0 bridgehead atoms. The Kier molecular flexibility index (Phi) is 3.83. The van der Waals surface area contributed by atoms with Crippen molar-refractivity contribution in [3.63, 3.8) is 0 Å². The Labute approximate surface area is 93.1 Å². The zero-order chi connectivity index (χ0) is 12.4. The van der Waals surface area contributed by atoms with Crippen molar-refractivity contribution < 1.29 is 17.2 Å². The van der Waals surface area contributed by atoms with Crippen LogP contribution in [0.2, 0.25) is 0 Å². The standard InChI is InChI=1S/C8H13F2N3O2S/c1-13-4-2-8(6-11,3-5-13)12-16(14,15)7(9)10/h7,12H,2-5H2,1H3. The molecule has 1 N–H and O–H groups in total. The second kappa shape index (κ2) is 4.61. The van der Waals surface area contributed by atoms with Crippen LogP contribution in [0.1, 0.15) is 12.8 Å². The van der Waals surface area contributed by atoms with E-state index in [-0.39, 0.29) is 12.8 Å². The Hall–Kier alpha value is -0.780. The highest BCUT2D eigenvalue weighted by Gasteiger charge is 2.40. The van der Waals surface area contributed by atoms with E-state index in [9.17, 15) is 17.2 Å². The van der Waals surface area contributed by atoms with E-state index in [1.165, 1.54) is 0 Å². The van der Waals surface area contributed by atoms with Crippen LogP contribution < -0.4 is 4.72 Å². The van der Waals surface area contributed by atoms with Crippen molar-refractivity contribution in [2.75, 3.05) is 20.1 Å². The highest BCUT2D eigenvalue weighted by Crippen LogP contribution is 2.23. The van der Waals surface area contributed by atoms with Crippen molar-refractivity contribution in [1.82, 2.24) is 9.62 Å². The molecule has 0 amide bonds. The summed E-state index contributed by atoms with van der Waals surface area (Å²) in [5.74, 6) is -3.50. The fraction of sp³-hybridized carbons (Fsp3) is 0.875. The second-order valence-electron chi connectivity index (χ2n) is 3.90. The number of sulfonamides is 1. The third kappa shape index (κ3) is 2.87. The Morgan fingerprint density at radius 3 is 2.31 bits per heavy atom. The molecule has 1 aliphatic rings. The van der Waals surface area contributed by atoms with E-state index in [4.69, 9.17) is 5.26 Å². The SMILES string of the molecule is CN1CCC(C#N)(NS(=O)(=O)C(F)F)CC1. The van der Waals surface area contributed by atoms with Crippen molar-refractivity contribution in [3.8, 4) is 6.07 Å². The molecular formula is C8H13F2N3O2S. The van der Waals surface area contributed by atoms with Crippen molar-refractivity contribution in [1.29, 1.82) is 5.26 Å². The van der Waals surface area contributed by atoms with E-state index in [0.717, 1.165) is 0 Å². The lowest BCUT2D eigenvalue weighted by Gasteiger charge is -2.35. The Bertz CT molecular complexity index is 383. The molecule has 92 valence electrons. The van der Waals surface area contributed by atoms with Crippen LogP contribution in [0.5, 0.6) is 0 Å². The fourth-order valence-corrected chi connectivity index (χ4v) is 2.44. The summed E-state index contributed by atoms with van der Waals surface area (Å²) in [7, 11) is -2.89. The predicted octanol–water partition coefficient (Wildman–Crippen LogP) is 0.116. The molecule has 1 heterocycles. The summed E-state index contributed by atoms with van der Waals surface area (Å²) >= 11 is 0. The van der Waals surface area contributed by atoms with E-state index in [1.54, 1.807) is 6.07 Å². The van der Waals surface area contributed by atoms with Gasteiger partial charge in [-0.25, -0.2) is 8.42 Å². The number of alkyl halides is 2. The van der Waals surface area contributed by atoms with Gasteiger partial charge < -0.3 is 4.90 Å². The average molecular weight is 253 g/mol. The maximum absolute atomic E-state index is 12.2. The minimum atomic E-state index is -4.71. The third-order valence-electron chi connectivity index (χ3n) is 2.63. The smallest absolute Gasteiger partial charge is 0.306 e. The molecule has 5 nitrogen and oxygen atoms in total. The van der Waals surface area contributed by atoms with E-state index in [2.05, 4.69) is 0 Å². The molecule has 8 heteroatoms. The molecule has 16 heavy (non-hydrogen) atoms. The number of hydrogen-bond acceptors (Lipinski definition) is 4. The van der Waals surface area contributed by atoms with Crippen LogP contribution in [-0.4, -0.2) is 44.8 Å². The number of halogens is 2. The van der Waals surface area contributed by atoms with E-state index in [1.807, 2.05) is 16.7 Å². The van der Waals surface area contributed by atoms with Gasteiger partial charge in [0.1, 0.15) is 5.54 Å². The Morgan fingerprint density at radius 2 is 1.94 bits per heavy atom. The number of likely N-dealkylation sites (tertiary alicyclic amines) is 1. The highest BCUT2D eigenvalue weighted by atomic mass is 32.2. The third-order valence-corrected chi connectivity index (χ3v) is 3.77. The fourth-order valence-electron chi connectivity index (χ4n) is 1.55. The van der Waals surface area contributed by atoms with Gasteiger partial charge >= 0.3 is 5.76 Å². The van der Waals surface area contributed by atoms with Gasteiger partial charge in [0.2, 0.25) is 0 Å². The van der Waals surface area contributed by atoms with Crippen molar-refractivity contribution in [2.24, 2.45) is 0 Å². The summed E-state index contributed by atoms with van der Waals surface area (Å²) in [5, 5.41) is 8.93. The molecule has 1 rings (SSSR count). The molecule has 0 aromatic carbocycles. The molecule has 0 saturated carbocycles. The van der Waals surface area contributed by atoms with Crippen molar-refractivity contribution >= 4 is 10.0 Å². The quantitative estimate of drug-likeness (QED) is 0.775. The zero-order valence-corrected chi connectivity index (χ0v) is 9.60. The van der Waals surface area contributed by atoms with Gasteiger partial charge in [0.05, 0.1) is 6.07 Å². The van der Waals surface area contributed by atoms with Gasteiger partial charge in [-0.15, -0.1) is 0 Å². The summed E-state index contributed by atoms with van der Waals surface area (Å²) in [6.45, 7) is 0.999. The van der Waals surface area contributed by atoms with E-state index in [0.29, 0.717) is 13.1 Å². The molecule has 0 aliphatic carbocycles. The van der Waals surface area contributed by atoms with Gasteiger partial charge in [-0.05, 0) is 19.9 Å². The maximum Gasteiger partial charge on any atom is 0.350 e. The van der Waals surface area contributed by atoms with Gasteiger partial charge in [-0.3, -0.25) is 0 Å². The lowest BCUT2D eigenvalue weighted by atomic mass is 9.91. The topological polar surface area (TPSA) is 73.2 Å². The number of nitrogens with zero attached hydrogens (tertiary/aromatic N) is 2.